The molecule has 0 unspecified atom stereocenters. The van der Waals surface area contributed by atoms with E-state index in [1.807, 2.05) is 0 Å². The van der Waals surface area contributed by atoms with Gasteiger partial charge in [-0.1, -0.05) is 0 Å². The summed E-state index contributed by atoms with van der Waals surface area (Å²) in [6.07, 6.45) is -0.0807. The molecule has 0 aromatic rings. The molecule has 0 aromatic carbocycles. The van der Waals surface area contributed by atoms with E-state index in [9.17, 15) is 9.59 Å². The summed E-state index contributed by atoms with van der Waals surface area (Å²) in [6.45, 7) is 0.569. The van der Waals surface area contributed by atoms with Crippen LogP contribution in [0.2, 0.25) is 0 Å². The van der Waals surface area contributed by atoms with Crippen molar-refractivity contribution < 1.29 is 14.3 Å². The lowest BCUT2D eigenvalue weighted by Crippen LogP contribution is -2.28. The number of halogens is 1. The number of esters is 1. The normalized spacial score (nSPS) is 23.0. The van der Waals surface area contributed by atoms with E-state index >= 15 is 0 Å². The van der Waals surface area contributed by atoms with Crippen LogP contribution >= 0.6 is 11.6 Å². The van der Waals surface area contributed by atoms with Crippen molar-refractivity contribution in [2.24, 2.45) is 0 Å². The summed E-state index contributed by atoms with van der Waals surface area (Å²) in [6, 6.07) is 0. The number of hydrogen-bond acceptors (Lipinski definition) is 3. The number of amides is 1. The fourth-order valence-electron chi connectivity index (χ4n) is 0.874. The van der Waals surface area contributed by atoms with Crippen LogP contribution in [0.4, 0.5) is 0 Å². The Bertz CT molecular complexity index is 183. The Morgan fingerprint density at radius 1 is 1.82 bits per heavy atom. The Morgan fingerprint density at radius 2 is 2.55 bits per heavy atom. The largest absolute Gasteiger partial charge is 0.451 e. The SMILES string of the molecule is O=C(CCl)O[C@@H]1CCNC1=O. The zero-order valence-corrected chi connectivity index (χ0v) is 6.56. The van der Waals surface area contributed by atoms with E-state index in [0.717, 1.165) is 0 Å². The quantitative estimate of drug-likeness (QED) is 0.464. The molecule has 5 heteroatoms. The summed E-state index contributed by atoms with van der Waals surface area (Å²) in [4.78, 5) is 21.4. The summed E-state index contributed by atoms with van der Waals surface area (Å²) < 4.78 is 4.69. The second-order valence-corrected chi connectivity index (χ2v) is 2.46. The van der Waals surface area contributed by atoms with Crippen LogP contribution in [0.15, 0.2) is 0 Å². The average molecular weight is 178 g/mol. The summed E-state index contributed by atoms with van der Waals surface area (Å²) in [5, 5.41) is 2.54. The molecule has 0 aliphatic carbocycles. The molecule has 0 bridgehead atoms. The molecule has 11 heavy (non-hydrogen) atoms. The van der Waals surface area contributed by atoms with Gasteiger partial charge in [0.2, 0.25) is 0 Å². The van der Waals surface area contributed by atoms with Gasteiger partial charge in [-0.15, -0.1) is 11.6 Å². The van der Waals surface area contributed by atoms with Crippen molar-refractivity contribution in [3.8, 4) is 0 Å². The van der Waals surface area contributed by atoms with Gasteiger partial charge in [0.1, 0.15) is 5.88 Å². The fourth-order valence-corrected chi connectivity index (χ4v) is 0.937. The highest BCUT2D eigenvalue weighted by Gasteiger charge is 2.27. The monoisotopic (exact) mass is 177 g/mol. The minimum Gasteiger partial charge on any atom is -0.451 e. The average Bonchev–Trinajstić information content (AvgIpc) is 2.37. The highest BCUT2D eigenvalue weighted by Crippen LogP contribution is 2.05. The van der Waals surface area contributed by atoms with E-state index in [-0.39, 0.29) is 11.8 Å². The van der Waals surface area contributed by atoms with Crippen LogP contribution < -0.4 is 5.32 Å². The summed E-state index contributed by atoms with van der Waals surface area (Å²) in [7, 11) is 0. The molecule has 4 nitrogen and oxygen atoms in total. The Hall–Kier alpha value is -0.770. The zero-order chi connectivity index (χ0) is 8.27. The van der Waals surface area contributed by atoms with Crippen molar-refractivity contribution in [3.63, 3.8) is 0 Å². The molecule has 1 aliphatic rings. The van der Waals surface area contributed by atoms with Crippen LogP contribution in [0.1, 0.15) is 6.42 Å². The third-order valence-corrected chi connectivity index (χ3v) is 1.60. The molecule has 1 heterocycles. The number of alkyl halides is 1. The van der Waals surface area contributed by atoms with Gasteiger partial charge in [0.15, 0.2) is 6.10 Å². The lowest BCUT2D eigenvalue weighted by atomic mass is 10.3. The van der Waals surface area contributed by atoms with Crippen LogP contribution in [0.3, 0.4) is 0 Å². The van der Waals surface area contributed by atoms with Gasteiger partial charge < -0.3 is 10.1 Å². The predicted molar refractivity (Wildman–Crippen MR) is 38.2 cm³/mol. The third-order valence-electron chi connectivity index (χ3n) is 1.38. The zero-order valence-electron chi connectivity index (χ0n) is 5.80. The lowest BCUT2D eigenvalue weighted by Gasteiger charge is -2.06. The maximum atomic E-state index is 10.8. The van der Waals surface area contributed by atoms with Crippen molar-refractivity contribution in [3.05, 3.63) is 0 Å². The summed E-state index contributed by atoms with van der Waals surface area (Å²) in [5.41, 5.74) is 0. The Labute approximate surface area is 68.8 Å². The molecule has 1 saturated heterocycles. The second-order valence-electron chi connectivity index (χ2n) is 2.19. The molecular weight excluding hydrogens is 170 g/mol. The number of carbonyl (C=O) groups is 2. The van der Waals surface area contributed by atoms with Gasteiger partial charge in [-0.2, -0.15) is 0 Å². The van der Waals surface area contributed by atoms with Gasteiger partial charge in [-0.3, -0.25) is 9.59 Å². The molecule has 0 radical (unpaired) electrons. The van der Waals surface area contributed by atoms with Gasteiger partial charge >= 0.3 is 5.97 Å². The van der Waals surface area contributed by atoms with Crippen molar-refractivity contribution >= 4 is 23.5 Å². The maximum absolute atomic E-state index is 10.8. The molecule has 0 spiro atoms. The van der Waals surface area contributed by atoms with Crippen molar-refractivity contribution in [1.82, 2.24) is 5.32 Å². The smallest absolute Gasteiger partial charge is 0.321 e. The minimum atomic E-state index is -0.624. The molecule has 1 fully saturated rings. The van der Waals surface area contributed by atoms with Gasteiger partial charge in [-0.05, 0) is 0 Å². The number of rotatable bonds is 2. The summed E-state index contributed by atoms with van der Waals surface area (Å²) in [5.74, 6) is -0.985. The molecular formula is C6H8ClNO3. The Morgan fingerprint density at radius 3 is 3.00 bits per heavy atom. The highest BCUT2D eigenvalue weighted by atomic mass is 35.5. The molecule has 0 saturated carbocycles. The number of hydrogen-bond donors (Lipinski definition) is 1. The van der Waals surface area contributed by atoms with Crippen molar-refractivity contribution in [2.75, 3.05) is 12.4 Å². The van der Waals surface area contributed by atoms with E-state index < -0.39 is 12.1 Å². The van der Waals surface area contributed by atoms with E-state index in [2.05, 4.69) is 10.1 Å². The van der Waals surface area contributed by atoms with E-state index in [1.165, 1.54) is 0 Å². The van der Waals surface area contributed by atoms with Crippen LogP contribution in [0, 0.1) is 0 Å². The first-order valence-electron chi connectivity index (χ1n) is 3.27. The van der Waals surface area contributed by atoms with E-state index in [4.69, 9.17) is 11.6 Å². The Balaban J connectivity index is 2.36. The van der Waals surface area contributed by atoms with Gasteiger partial charge in [0.05, 0.1) is 0 Å². The number of carbonyl (C=O) groups excluding carboxylic acids is 2. The van der Waals surface area contributed by atoms with Crippen LogP contribution in [0.25, 0.3) is 0 Å². The molecule has 1 aliphatic heterocycles. The van der Waals surface area contributed by atoms with Gasteiger partial charge in [-0.25, -0.2) is 0 Å². The van der Waals surface area contributed by atoms with Gasteiger partial charge in [0.25, 0.3) is 5.91 Å². The number of nitrogens with one attached hydrogen (secondary N) is 1. The van der Waals surface area contributed by atoms with Crippen LogP contribution in [-0.4, -0.2) is 30.4 Å². The predicted octanol–water partition coefficient (Wildman–Crippen LogP) is -0.343. The van der Waals surface area contributed by atoms with E-state index in [1.54, 1.807) is 0 Å². The molecule has 0 aromatic heterocycles. The first kappa shape index (κ1) is 8.33. The minimum absolute atomic E-state index is 0.205. The highest BCUT2D eigenvalue weighted by molar-refractivity contribution is 6.26. The number of ether oxygens (including phenoxy) is 1. The molecule has 62 valence electrons. The van der Waals surface area contributed by atoms with Crippen LogP contribution in [0.5, 0.6) is 0 Å². The molecule has 1 amide bonds. The van der Waals surface area contributed by atoms with Crippen LogP contribution in [-0.2, 0) is 14.3 Å². The maximum Gasteiger partial charge on any atom is 0.321 e. The molecule has 1 rings (SSSR count). The van der Waals surface area contributed by atoms with Crippen molar-refractivity contribution in [2.45, 2.75) is 12.5 Å². The first-order valence-corrected chi connectivity index (χ1v) is 3.80. The van der Waals surface area contributed by atoms with Gasteiger partial charge in [0, 0.05) is 13.0 Å². The standard InChI is InChI=1S/C6H8ClNO3/c7-3-5(9)11-4-1-2-8-6(4)10/h4H,1-3H2,(H,8,10)/t4-/m1/s1. The topological polar surface area (TPSA) is 55.4 Å². The first-order chi connectivity index (χ1) is 5.24. The Kier molecular flexibility index (Phi) is 2.70. The second kappa shape index (κ2) is 3.57. The summed E-state index contributed by atoms with van der Waals surface area (Å²) >= 11 is 5.17. The van der Waals surface area contributed by atoms with Crippen molar-refractivity contribution in [1.29, 1.82) is 0 Å². The van der Waals surface area contributed by atoms with E-state index in [0.29, 0.717) is 13.0 Å². The molecule has 1 atom stereocenters. The lowest BCUT2D eigenvalue weighted by molar-refractivity contribution is -0.151. The molecule has 1 N–H and O–H groups in total. The fraction of sp³-hybridized carbons (Fsp3) is 0.667. The third kappa shape index (κ3) is 2.08.